The van der Waals surface area contributed by atoms with E-state index in [-0.39, 0.29) is 23.7 Å². The van der Waals surface area contributed by atoms with Crippen LogP contribution >= 0.6 is 0 Å². The van der Waals surface area contributed by atoms with Gasteiger partial charge in [0.05, 0.1) is 27.9 Å². The number of ether oxygens (including phenoxy) is 4. The molecule has 0 amide bonds. The Hall–Kier alpha value is -2.31. The Morgan fingerprint density at radius 3 is 2.15 bits per heavy atom. The SMILES string of the molecule is CCOC(=O)C(=O)c1c(OC)c(F)cc(OC)c1OC. The molecule has 0 N–H and O–H groups in total. The zero-order valence-electron chi connectivity index (χ0n) is 11.6. The summed E-state index contributed by atoms with van der Waals surface area (Å²) in [6.45, 7) is 1.56. The molecule has 0 saturated carbocycles. The maximum atomic E-state index is 13.9. The number of ketones is 1. The Morgan fingerprint density at radius 1 is 1.10 bits per heavy atom. The molecule has 0 atom stereocenters. The fourth-order valence-corrected chi connectivity index (χ4v) is 1.65. The zero-order chi connectivity index (χ0) is 15.3. The molecule has 0 fully saturated rings. The molecule has 1 aromatic carbocycles. The highest BCUT2D eigenvalue weighted by Gasteiger charge is 2.31. The standard InChI is InChI=1S/C13H15FO6/c1-5-20-13(16)10(15)9-11(18-3)7(14)6-8(17-2)12(9)19-4/h6H,5H2,1-4H3. The number of hydrogen-bond donors (Lipinski definition) is 0. The lowest BCUT2D eigenvalue weighted by Crippen LogP contribution is -2.20. The molecule has 0 aliphatic rings. The summed E-state index contributed by atoms with van der Waals surface area (Å²) in [4.78, 5) is 23.6. The third-order valence-corrected chi connectivity index (χ3v) is 2.47. The smallest absolute Gasteiger partial charge is 0.379 e. The van der Waals surface area contributed by atoms with Gasteiger partial charge in [0.2, 0.25) is 0 Å². The predicted octanol–water partition coefficient (Wildman–Crippen LogP) is 1.60. The van der Waals surface area contributed by atoms with E-state index in [1.807, 2.05) is 0 Å². The van der Waals surface area contributed by atoms with Crippen molar-refractivity contribution in [2.45, 2.75) is 6.92 Å². The molecule has 0 aromatic heterocycles. The molecule has 1 aromatic rings. The molecular weight excluding hydrogens is 271 g/mol. The molecular formula is C13H15FO6. The molecule has 0 spiro atoms. The minimum Gasteiger partial charge on any atom is -0.493 e. The van der Waals surface area contributed by atoms with E-state index in [2.05, 4.69) is 4.74 Å². The topological polar surface area (TPSA) is 71.1 Å². The van der Waals surface area contributed by atoms with E-state index < -0.39 is 23.3 Å². The molecule has 7 heteroatoms. The first-order valence-electron chi connectivity index (χ1n) is 5.71. The van der Waals surface area contributed by atoms with E-state index in [0.717, 1.165) is 6.07 Å². The minimum absolute atomic E-state index is 0.0155. The molecule has 0 heterocycles. The van der Waals surface area contributed by atoms with Crippen LogP contribution in [0.15, 0.2) is 6.07 Å². The van der Waals surface area contributed by atoms with Crippen molar-refractivity contribution in [3.05, 3.63) is 17.4 Å². The van der Waals surface area contributed by atoms with Crippen molar-refractivity contribution in [2.24, 2.45) is 0 Å². The molecule has 20 heavy (non-hydrogen) atoms. The Morgan fingerprint density at radius 2 is 1.70 bits per heavy atom. The van der Waals surface area contributed by atoms with Gasteiger partial charge in [0.25, 0.3) is 5.78 Å². The van der Waals surface area contributed by atoms with Crippen LogP contribution in [0, 0.1) is 5.82 Å². The minimum atomic E-state index is -1.13. The second kappa shape index (κ2) is 6.74. The van der Waals surface area contributed by atoms with Crippen molar-refractivity contribution in [3.8, 4) is 17.2 Å². The Labute approximate surface area is 115 Å². The molecule has 0 radical (unpaired) electrons. The average Bonchev–Trinajstić information content (AvgIpc) is 2.45. The summed E-state index contributed by atoms with van der Waals surface area (Å²) < 4.78 is 33.2. The van der Waals surface area contributed by atoms with Gasteiger partial charge in [0.1, 0.15) is 5.56 Å². The summed E-state index contributed by atoms with van der Waals surface area (Å²) in [6.07, 6.45) is 0. The summed E-state index contributed by atoms with van der Waals surface area (Å²) in [5.74, 6) is -3.57. The Bertz CT molecular complexity index is 526. The van der Waals surface area contributed by atoms with Gasteiger partial charge in [-0.15, -0.1) is 0 Å². The monoisotopic (exact) mass is 286 g/mol. The van der Waals surface area contributed by atoms with Gasteiger partial charge in [-0.1, -0.05) is 0 Å². The van der Waals surface area contributed by atoms with Crippen LogP contribution in [0.2, 0.25) is 0 Å². The van der Waals surface area contributed by atoms with Crippen LogP contribution in [0.1, 0.15) is 17.3 Å². The highest BCUT2D eigenvalue weighted by molar-refractivity contribution is 6.42. The van der Waals surface area contributed by atoms with Gasteiger partial charge in [0, 0.05) is 6.07 Å². The number of hydrogen-bond acceptors (Lipinski definition) is 6. The van der Waals surface area contributed by atoms with Crippen molar-refractivity contribution in [2.75, 3.05) is 27.9 Å². The van der Waals surface area contributed by atoms with E-state index in [9.17, 15) is 14.0 Å². The van der Waals surface area contributed by atoms with Crippen LogP contribution in [-0.4, -0.2) is 39.7 Å². The molecule has 6 nitrogen and oxygen atoms in total. The number of benzene rings is 1. The zero-order valence-corrected chi connectivity index (χ0v) is 11.6. The quantitative estimate of drug-likeness (QED) is 0.449. The fourth-order valence-electron chi connectivity index (χ4n) is 1.65. The van der Waals surface area contributed by atoms with Crippen molar-refractivity contribution in [3.63, 3.8) is 0 Å². The number of halogens is 1. The number of carbonyl (C=O) groups excluding carboxylic acids is 2. The number of Topliss-reactive ketones (excluding diaryl/α,β-unsaturated/α-hetero) is 1. The molecule has 110 valence electrons. The lowest BCUT2D eigenvalue weighted by Gasteiger charge is -2.15. The van der Waals surface area contributed by atoms with Gasteiger partial charge >= 0.3 is 5.97 Å². The third kappa shape index (κ3) is 2.81. The summed E-state index contributed by atoms with van der Waals surface area (Å²) >= 11 is 0. The van der Waals surface area contributed by atoms with Gasteiger partial charge in [-0.05, 0) is 6.92 Å². The lowest BCUT2D eigenvalue weighted by atomic mass is 10.1. The number of methoxy groups -OCH3 is 3. The van der Waals surface area contributed by atoms with Crippen molar-refractivity contribution < 1.29 is 32.9 Å². The van der Waals surface area contributed by atoms with Crippen LogP contribution in [0.25, 0.3) is 0 Å². The second-order valence-electron chi connectivity index (χ2n) is 3.55. The number of carbonyl (C=O) groups is 2. The Balaban J connectivity index is 3.51. The largest absolute Gasteiger partial charge is 0.493 e. The van der Waals surface area contributed by atoms with Crippen molar-refractivity contribution in [1.29, 1.82) is 0 Å². The van der Waals surface area contributed by atoms with Crippen LogP contribution in [-0.2, 0) is 9.53 Å². The molecule has 0 bridgehead atoms. The first-order chi connectivity index (χ1) is 9.51. The van der Waals surface area contributed by atoms with Crippen molar-refractivity contribution in [1.82, 2.24) is 0 Å². The highest BCUT2D eigenvalue weighted by Crippen LogP contribution is 2.39. The second-order valence-corrected chi connectivity index (χ2v) is 3.55. The van der Waals surface area contributed by atoms with E-state index >= 15 is 0 Å². The molecule has 1 rings (SSSR count). The van der Waals surface area contributed by atoms with E-state index in [4.69, 9.17) is 14.2 Å². The maximum absolute atomic E-state index is 13.9. The third-order valence-electron chi connectivity index (χ3n) is 2.47. The summed E-state index contributed by atoms with van der Waals surface area (Å²) in [7, 11) is 3.71. The highest BCUT2D eigenvalue weighted by atomic mass is 19.1. The summed E-state index contributed by atoms with van der Waals surface area (Å²) in [6, 6.07) is 1.000. The predicted molar refractivity (Wildman–Crippen MR) is 67.0 cm³/mol. The first kappa shape index (κ1) is 15.7. The van der Waals surface area contributed by atoms with E-state index in [1.165, 1.54) is 21.3 Å². The molecule has 0 saturated heterocycles. The van der Waals surface area contributed by atoms with E-state index in [0.29, 0.717) is 0 Å². The van der Waals surface area contributed by atoms with Crippen LogP contribution in [0.4, 0.5) is 4.39 Å². The van der Waals surface area contributed by atoms with Crippen LogP contribution in [0.5, 0.6) is 17.2 Å². The van der Waals surface area contributed by atoms with Gasteiger partial charge in [-0.2, -0.15) is 0 Å². The number of esters is 1. The van der Waals surface area contributed by atoms with Crippen LogP contribution < -0.4 is 14.2 Å². The normalized spacial score (nSPS) is 9.85. The molecule has 0 aliphatic heterocycles. The first-order valence-corrected chi connectivity index (χ1v) is 5.71. The molecule has 0 unspecified atom stereocenters. The fraction of sp³-hybridized carbons (Fsp3) is 0.385. The van der Waals surface area contributed by atoms with Crippen LogP contribution in [0.3, 0.4) is 0 Å². The lowest BCUT2D eigenvalue weighted by molar-refractivity contribution is -0.137. The number of rotatable bonds is 6. The van der Waals surface area contributed by atoms with Gasteiger partial charge in [-0.25, -0.2) is 9.18 Å². The van der Waals surface area contributed by atoms with E-state index in [1.54, 1.807) is 6.92 Å². The summed E-state index contributed by atoms with van der Waals surface area (Å²) in [5.41, 5.74) is -0.370. The molecule has 0 aliphatic carbocycles. The Kier molecular flexibility index (Phi) is 5.31. The van der Waals surface area contributed by atoms with Crippen molar-refractivity contribution >= 4 is 11.8 Å². The average molecular weight is 286 g/mol. The van der Waals surface area contributed by atoms with Gasteiger partial charge < -0.3 is 18.9 Å². The summed E-state index contributed by atoms with van der Waals surface area (Å²) in [5, 5.41) is 0. The van der Waals surface area contributed by atoms with Gasteiger partial charge in [-0.3, -0.25) is 4.79 Å². The maximum Gasteiger partial charge on any atom is 0.379 e. The van der Waals surface area contributed by atoms with Gasteiger partial charge in [0.15, 0.2) is 23.1 Å².